The molecule has 0 aliphatic heterocycles. The number of aromatic nitrogens is 4. The van der Waals surface area contributed by atoms with Crippen LogP contribution in [0.25, 0.3) is 11.4 Å². The molecular formula is C20H21N7O3. The minimum absolute atomic E-state index is 0.201. The van der Waals surface area contributed by atoms with Crippen LogP contribution in [0.4, 0.5) is 5.69 Å². The Morgan fingerprint density at radius 1 is 1.03 bits per heavy atom. The Bertz CT molecular complexity index is 1030. The van der Waals surface area contributed by atoms with Crippen LogP contribution in [0.2, 0.25) is 0 Å². The molecule has 2 aromatic carbocycles. The smallest absolute Gasteiger partial charge is 0.251 e. The lowest BCUT2D eigenvalue weighted by Gasteiger charge is -2.07. The predicted molar refractivity (Wildman–Crippen MR) is 109 cm³/mol. The average Bonchev–Trinajstić information content (AvgIpc) is 3.22. The number of tetrazole rings is 1. The Labute approximate surface area is 172 Å². The second-order valence-electron chi connectivity index (χ2n) is 6.46. The molecule has 0 bridgehead atoms. The number of aryl methyl sites for hydroxylation is 1. The van der Waals surface area contributed by atoms with Gasteiger partial charge in [0.25, 0.3) is 5.91 Å². The number of nitrogens with one attached hydrogen (secondary N) is 2. The molecule has 154 valence electrons. The van der Waals surface area contributed by atoms with Crippen molar-refractivity contribution in [3.8, 4) is 11.4 Å². The normalized spacial score (nSPS) is 10.4. The maximum Gasteiger partial charge on any atom is 0.251 e. The quantitative estimate of drug-likeness (QED) is 0.482. The second kappa shape index (κ2) is 9.92. The lowest BCUT2D eigenvalue weighted by Crippen LogP contribution is -2.33. The Morgan fingerprint density at radius 3 is 2.60 bits per heavy atom. The van der Waals surface area contributed by atoms with E-state index in [1.165, 1.54) is 10.9 Å². The molecule has 0 unspecified atom stereocenters. The first kappa shape index (κ1) is 20.6. The highest BCUT2D eigenvalue weighted by Crippen LogP contribution is 2.13. The average molecular weight is 407 g/mol. The fourth-order valence-corrected chi connectivity index (χ4v) is 2.65. The molecular weight excluding hydrogens is 386 g/mol. The number of rotatable bonds is 9. The first-order valence-corrected chi connectivity index (χ1v) is 9.31. The number of nitrogens with two attached hydrogens (primary N) is 1. The fourth-order valence-electron chi connectivity index (χ4n) is 2.65. The van der Waals surface area contributed by atoms with Gasteiger partial charge in [0.1, 0.15) is 0 Å². The largest absolute Gasteiger partial charge is 0.368 e. The van der Waals surface area contributed by atoms with Crippen molar-refractivity contribution in [2.75, 3.05) is 11.9 Å². The van der Waals surface area contributed by atoms with Crippen LogP contribution in [0.5, 0.6) is 0 Å². The molecule has 1 aromatic heterocycles. The summed E-state index contributed by atoms with van der Waals surface area (Å²) in [6.07, 6.45) is 0.773. The zero-order valence-electron chi connectivity index (χ0n) is 16.1. The third kappa shape index (κ3) is 5.96. The van der Waals surface area contributed by atoms with E-state index in [1.54, 1.807) is 18.2 Å². The van der Waals surface area contributed by atoms with Crippen molar-refractivity contribution in [1.29, 1.82) is 0 Å². The van der Waals surface area contributed by atoms with Crippen molar-refractivity contribution in [3.63, 3.8) is 0 Å². The van der Waals surface area contributed by atoms with Crippen LogP contribution in [-0.4, -0.2) is 44.5 Å². The number of hydrogen-bond acceptors (Lipinski definition) is 6. The molecule has 0 saturated carbocycles. The van der Waals surface area contributed by atoms with E-state index >= 15 is 0 Å². The van der Waals surface area contributed by atoms with Gasteiger partial charge in [-0.3, -0.25) is 14.4 Å². The van der Waals surface area contributed by atoms with Crippen LogP contribution in [0, 0.1) is 0 Å². The minimum atomic E-state index is -0.634. The summed E-state index contributed by atoms with van der Waals surface area (Å²) in [5.41, 5.74) is 6.68. The van der Waals surface area contributed by atoms with E-state index in [0.29, 0.717) is 30.0 Å². The van der Waals surface area contributed by atoms with E-state index < -0.39 is 11.8 Å². The molecule has 3 rings (SSSR count). The molecule has 3 amide bonds. The third-order valence-electron chi connectivity index (χ3n) is 4.08. The number of anilines is 1. The Balaban J connectivity index is 1.47. The van der Waals surface area contributed by atoms with Gasteiger partial charge in [-0.2, -0.15) is 4.80 Å². The zero-order chi connectivity index (χ0) is 21.3. The first-order chi connectivity index (χ1) is 14.5. The van der Waals surface area contributed by atoms with Crippen LogP contribution in [-0.2, 0) is 16.1 Å². The van der Waals surface area contributed by atoms with Crippen LogP contribution in [0.15, 0.2) is 54.6 Å². The van der Waals surface area contributed by atoms with Gasteiger partial charge in [-0.25, -0.2) is 0 Å². The highest BCUT2D eigenvalue weighted by Gasteiger charge is 2.10. The lowest BCUT2D eigenvalue weighted by molar-refractivity contribution is -0.117. The van der Waals surface area contributed by atoms with E-state index in [-0.39, 0.29) is 18.9 Å². The fraction of sp³-hybridized carbons (Fsp3) is 0.200. The maximum atomic E-state index is 12.2. The molecule has 10 nitrogen and oxygen atoms in total. The number of carbonyl (C=O) groups excluding carboxylic acids is 3. The molecule has 0 saturated heterocycles. The molecule has 0 aliphatic rings. The van der Waals surface area contributed by atoms with E-state index in [0.717, 1.165) is 5.56 Å². The van der Waals surface area contributed by atoms with Gasteiger partial charge < -0.3 is 16.4 Å². The van der Waals surface area contributed by atoms with E-state index in [4.69, 9.17) is 5.73 Å². The number of hydrogen-bond donors (Lipinski definition) is 3. The standard InChI is InChI=1S/C20H21N7O3/c21-17(28)13-22-20(30)15-8-4-9-16(12-15)23-18(29)10-5-11-27-25-19(24-26-27)14-6-2-1-3-7-14/h1-4,6-9,12H,5,10-11,13H2,(H2,21,28)(H,22,30)(H,23,29). The Morgan fingerprint density at radius 2 is 1.83 bits per heavy atom. The number of benzene rings is 2. The van der Waals surface area contributed by atoms with Crippen LogP contribution in [0.3, 0.4) is 0 Å². The van der Waals surface area contributed by atoms with Gasteiger partial charge >= 0.3 is 0 Å². The maximum absolute atomic E-state index is 12.2. The van der Waals surface area contributed by atoms with E-state index in [9.17, 15) is 14.4 Å². The van der Waals surface area contributed by atoms with Crippen molar-refractivity contribution < 1.29 is 14.4 Å². The SMILES string of the molecule is NC(=O)CNC(=O)c1cccc(NC(=O)CCCn2nnc(-c3ccccc3)n2)c1. The summed E-state index contributed by atoms with van der Waals surface area (Å²) in [5.74, 6) is -0.749. The van der Waals surface area contributed by atoms with Gasteiger partial charge in [-0.05, 0) is 29.8 Å². The highest BCUT2D eigenvalue weighted by molar-refractivity contribution is 5.98. The molecule has 0 aliphatic carbocycles. The van der Waals surface area contributed by atoms with Crippen molar-refractivity contribution >= 4 is 23.4 Å². The number of carbonyl (C=O) groups is 3. The molecule has 30 heavy (non-hydrogen) atoms. The molecule has 0 spiro atoms. The van der Waals surface area contributed by atoms with Gasteiger partial charge in [0, 0.05) is 23.2 Å². The predicted octanol–water partition coefficient (Wildman–Crippen LogP) is 0.974. The van der Waals surface area contributed by atoms with Crippen molar-refractivity contribution in [2.45, 2.75) is 19.4 Å². The van der Waals surface area contributed by atoms with Gasteiger partial charge in [-0.1, -0.05) is 36.4 Å². The molecule has 4 N–H and O–H groups in total. The van der Waals surface area contributed by atoms with E-state index in [1.807, 2.05) is 30.3 Å². The molecule has 0 fully saturated rings. The summed E-state index contributed by atoms with van der Waals surface area (Å²) in [4.78, 5) is 36.4. The first-order valence-electron chi connectivity index (χ1n) is 9.31. The molecule has 3 aromatic rings. The Kier molecular flexibility index (Phi) is 6.83. The van der Waals surface area contributed by atoms with Gasteiger partial charge in [0.2, 0.25) is 17.6 Å². The van der Waals surface area contributed by atoms with Crippen LogP contribution in [0.1, 0.15) is 23.2 Å². The topological polar surface area (TPSA) is 145 Å². The summed E-state index contributed by atoms with van der Waals surface area (Å²) < 4.78 is 0. The summed E-state index contributed by atoms with van der Waals surface area (Å²) in [6, 6.07) is 15.9. The van der Waals surface area contributed by atoms with Gasteiger partial charge in [0.15, 0.2) is 0 Å². The monoisotopic (exact) mass is 407 g/mol. The van der Waals surface area contributed by atoms with Crippen molar-refractivity contribution in [2.24, 2.45) is 5.73 Å². The van der Waals surface area contributed by atoms with Gasteiger partial charge in [-0.15, -0.1) is 10.2 Å². The molecule has 10 heteroatoms. The summed E-state index contributed by atoms with van der Waals surface area (Å²) in [5, 5.41) is 17.5. The number of nitrogens with zero attached hydrogens (tertiary/aromatic N) is 4. The molecule has 1 heterocycles. The summed E-state index contributed by atoms with van der Waals surface area (Å²) in [7, 11) is 0. The number of amides is 3. The minimum Gasteiger partial charge on any atom is -0.368 e. The van der Waals surface area contributed by atoms with Crippen LogP contribution >= 0.6 is 0 Å². The molecule has 0 atom stereocenters. The second-order valence-corrected chi connectivity index (χ2v) is 6.46. The number of primary amides is 1. The van der Waals surface area contributed by atoms with Crippen LogP contribution < -0.4 is 16.4 Å². The van der Waals surface area contributed by atoms with Crippen molar-refractivity contribution in [1.82, 2.24) is 25.5 Å². The lowest BCUT2D eigenvalue weighted by atomic mass is 10.2. The third-order valence-corrected chi connectivity index (χ3v) is 4.08. The zero-order valence-corrected chi connectivity index (χ0v) is 16.1. The Hall–Kier alpha value is -4.08. The molecule has 0 radical (unpaired) electrons. The summed E-state index contributed by atoms with van der Waals surface area (Å²) >= 11 is 0. The van der Waals surface area contributed by atoms with Crippen molar-refractivity contribution in [3.05, 3.63) is 60.2 Å². The van der Waals surface area contributed by atoms with E-state index in [2.05, 4.69) is 26.0 Å². The summed E-state index contributed by atoms with van der Waals surface area (Å²) in [6.45, 7) is 0.195. The van der Waals surface area contributed by atoms with Gasteiger partial charge in [0.05, 0.1) is 13.1 Å². The highest BCUT2D eigenvalue weighted by atomic mass is 16.2.